The van der Waals surface area contributed by atoms with Crippen LogP contribution in [0.4, 0.5) is 0 Å². The minimum Gasteiger partial charge on any atom is -0.482 e. The number of likely N-dealkylation sites (N-methyl/N-ethyl adjacent to an activating group) is 1. The molecule has 1 fully saturated rings. The molecule has 1 atom stereocenters. The highest BCUT2D eigenvalue weighted by Gasteiger charge is 2.24. The third-order valence-corrected chi connectivity index (χ3v) is 3.98. The summed E-state index contributed by atoms with van der Waals surface area (Å²) in [4.78, 5) is 15.2. The Morgan fingerprint density at radius 3 is 2.90 bits per heavy atom. The van der Waals surface area contributed by atoms with Gasteiger partial charge in [-0.05, 0) is 38.7 Å². The molecule has 1 aromatic carbocycles. The van der Waals surface area contributed by atoms with Gasteiger partial charge >= 0.3 is 5.97 Å². The summed E-state index contributed by atoms with van der Waals surface area (Å²) in [5.74, 6) is -0.389. The molecule has 2 rings (SSSR count). The Labute approximate surface area is 130 Å². The average Bonchev–Trinajstić information content (AvgIpc) is 2.86. The van der Waals surface area contributed by atoms with E-state index in [9.17, 15) is 4.79 Å². The largest absolute Gasteiger partial charge is 0.482 e. The number of carboxylic acid groups (broad SMARTS) is 1. The predicted molar refractivity (Wildman–Crippen MR) is 82.0 cm³/mol. The van der Waals surface area contributed by atoms with Gasteiger partial charge < -0.3 is 14.7 Å². The maximum absolute atomic E-state index is 10.6. The summed E-state index contributed by atoms with van der Waals surface area (Å²) >= 11 is 6.05. The van der Waals surface area contributed by atoms with Crippen molar-refractivity contribution in [3.05, 3.63) is 28.8 Å². The second kappa shape index (κ2) is 7.11. The Morgan fingerprint density at radius 2 is 2.29 bits per heavy atom. The van der Waals surface area contributed by atoms with Crippen molar-refractivity contribution in [2.45, 2.75) is 19.0 Å². The van der Waals surface area contributed by atoms with Crippen molar-refractivity contribution in [1.82, 2.24) is 9.80 Å². The SMILES string of the molecule is CN(C)[C@H]1CCN(Cc2cc(Cl)ccc2OCC(=O)O)C1. The van der Waals surface area contributed by atoms with Gasteiger partial charge in [-0.25, -0.2) is 4.79 Å². The van der Waals surface area contributed by atoms with Gasteiger partial charge in [-0.3, -0.25) is 4.90 Å². The molecule has 0 aromatic heterocycles. The second-order valence-corrected chi connectivity index (χ2v) is 6.01. The summed E-state index contributed by atoms with van der Waals surface area (Å²) < 4.78 is 5.34. The van der Waals surface area contributed by atoms with Crippen molar-refractivity contribution >= 4 is 17.6 Å². The van der Waals surface area contributed by atoms with E-state index in [1.54, 1.807) is 12.1 Å². The van der Waals surface area contributed by atoms with Crippen LogP contribution >= 0.6 is 11.6 Å². The Bertz CT molecular complexity index is 508. The molecule has 21 heavy (non-hydrogen) atoms. The van der Waals surface area contributed by atoms with E-state index < -0.39 is 5.97 Å². The molecule has 0 aliphatic carbocycles. The van der Waals surface area contributed by atoms with Crippen LogP contribution in [0.25, 0.3) is 0 Å². The molecule has 116 valence electrons. The van der Waals surface area contributed by atoms with E-state index in [2.05, 4.69) is 23.9 Å². The third kappa shape index (κ3) is 4.59. The Balaban J connectivity index is 2.04. The molecule has 0 saturated carbocycles. The van der Waals surface area contributed by atoms with Gasteiger partial charge in [-0.15, -0.1) is 0 Å². The molecule has 0 bridgehead atoms. The van der Waals surface area contributed by atoms with Crippen LogP contribution in [0.2, 0.25) is 5.02 Å². The summed E-state index contributed by atoms with van der Waals surface area (Å²) in [5, 5.41) is 9.37. The first-order valence-corrected chi connectivity index (χ1v) is 7.35. The lowest BCUT2D eigenvalue weighted by Crippen LogP contribution is -2.31. The molecule has 1 aliphatic heterocycles. The van der Waals surface area contributed by atoms with Crippen LogP contribution < -0.4 is 4.74 Å². The molecule has 1 saturated heterocycles. The topological polar surface area (TPSA) is 53.0 Å². The van der Waals surface area contributed by atoms with Crippen molar-refractivity contribution < 1.29 is 14.6 Å². The minimum atomic E-state index is -0.982. The Morgan fingerprint density at radius 1 is 1.52 bits per heavy atom. The molecular weight excluding hydrogens is 292 g/mol. The number of aliphatic carboxylic acids is 1. The van der Waals surface area contributed by atoms with Crippen LogP contribution in [0.15, 0.2) is 18.2 Å². The highest BCUT2D eigenvalue weighted by molar-refractivity contribution is 6.30. The summed E-state index contributed by atoms with van der Waals surface area (Å²) in [6.07, 6.45) is 1.14. The number of nitrogens with zero attached hydrogens (tertiary/aromatic N) is 2. The van der Waals surface area contributed by atoms with E-state index in [0.29, 0.717) is 16.8 Å². The molecule has 1 aliphatic rings. The van der Waals surface area contributed by atoms with Crippen LogP contribution in [-0.2, 0) is 11.3 Å². The van der Waals surface area contributed by atoms with Crippen LogP contribution in [-0.4, -0.2) is 60.7 Å². The maximum atomic E-state index is 10.6. The predicted octanol–water partition coefficient (Wildman–Crippen LogP) is 1.94. The number of hydrogen-bond acceptors (Lipinski definition) is 4. The zero-order chi connectivity index (χ0) is 15.4. The van der Waals surface area contributed by atoms with E-state index in [4.69, 9.17) is 21.4 Å². The Kier molecular flexibility index (Phi) is 5.45. The van der Waals surface area contributed by atoms with Gasteiger partial charge in [0.05, 0.1) is 0 Å². The molecule has 1 heterocycles. The summed E-state index contributed by atoms with van der Waals surface area (Å²) in [5.41, 5.74) is 0.933. The number of hydrogen-bond donors (Lipinski definition) is 1. The number of carboxylic acids is 1. The van der Waals surface area contributed by atoms with Crippen LogP contribution in [0.1, 0.15) is 12.0 Å². The van der Waals surface area contributed by atoms with Crippen molar-refractivity contribution in [2.75, 3.05) is 33.8 Å². The molecule has 6 heteroatoms. The highest BCUT2D eigenvalue weighted by Crippen LogP contribution is 2.26. The normalized spacial score (nSPS) is 19.1. The van der Waals surface area contributed by atoms with Crippen LogP contribution in [0, 0.1) is 0 Å². The van der Waals surface area contributed by atoms with Gasteiger partial charge in [-0.2, -0.15) is 0 Å². The summed E-state index contributed by atoms with van der Waals surface area (Å²) in [7, 11) is 4.18. The van der Waals surface area contributed by atoms with E-state index in [-0.39, 0.29) is 6.61 Å². The van der Waals surface area contributed by atoms with Gasteiger partial charge in [0.25, 0.3) is 0 Å². The Hall–Kier alpha value is -1.30. The quantitative estimate of drug-likeness (QED) is 0.870. The fourth-order valence-corrected chi connectivity index (χ4v) is 2.76. The monoisotopic (exact) mass is 312 g/mol. The average molecular weight is 313 g/mol. The summed E-state index contributed by atoms with van der Waals surface area (Å²) in [6.45, 7) is 2.40. The molecule has 1 N–H and O–H groups in total. The molecular formula is C15H21ClN2O3. The molecule has 5 nitrogen and oxygen atoms in total. The molecule has 0 amide bonds. The standard InChI is InChI=1S/C15H21ClN2O3/c1-17(2)13-5-6-18(9-13)8-11-7-12(16)3-4-14(11)21-10-15(19)20/h3-4,7,13H,5-6,8-10H2,1-2H3,(H,19,20)/t13-/m0/s1. The lowest BCUT2D eigenvalue weighted by molar-refractivity contribution is -0.139. The first-order valence-electron chi connectivity index (χ1n) is 6.97. The number of likely N-dealkylation sites (tertiary alicyclic amines) is 1. The fourth-order valence-electron chi connectivity index (χ4n) is 2.57. The fraction of sp³-hybridized carbons (Fsp3) is 0.533. The minimum absolute atomic E-state index is 0.338. The molecule has 0 radical (unpaired) electrons. The van der Waals surface area contributed by atoms with E-state index in [1.165, 1.54) is 0 Å². The summed E-state index contributed by atoms with van der Waals surface area (Å²) in [6, 6.07) is 5.86. The first-order chi connectivity index (χ1) is 9.95. The van der Waals surface area contributed by atoms with Gasteiger partial charge in [0.2, 0.25) is 0 Å². The molecule has 0 unspecified atom stereocenters. The second-order valence-electron chi connectivity index (χ2n) is 5.58. The van der Waals surface area contributed by atoms with Gasteiger partial charge in [0, 0.05) is 36.3 Å². The molecule has 0 spiro atoms. The third-order valence-electron chi connectivity index (χ3n) is 3.75. The zero-order valence-corrected chi connectivity index (χ0v) is 13.1. The number of ether oxygens (including phenoxy) is 1. The van der Waals surface area contributed by atoms with E-state index in [0.717, 1.165) is 31.6 Å². The number of carbonyl (C=O) groups is 1. The molecule has 1 aromatic rings. The van der Waals surface area contributed by atoms with Crippen LogP contribution in [0.5, 0.6) is 5.75 Å². The van der Waals surface area contributed by atoms with Crippen molar-refractivity contribution in [2.24, 2.45) is 0 Å². The van der Waals surface area contributed by atoms with Gasteiger partial charge in [-0.1, -0.05) is 11.6 Å². The van der Waals surface area contributed by atoms with Crippen molar-refractivity contribution in [1.29, 1.82) is 0 Å². The lowest BCUT2D eigenvalue weighted by Gasteiger charge is -2.21. The number of rotatable bonds is 6. The van der Waals surface area contributed by atoms with E-state index >= 15 is 0 Å². The van der Waals surface area contributed by atoms with Crippen molar-refractivity contribution in [3.63, 3.8) is 0 Å². The maximum Gasteiger partial charge on any atom is 0.341 e. The lowest BCUT2D eigenvalue weighted by atomic mass is 10.2. The smallest absolute Gasteiger partial charge is 0.341 e. The first kappa shape index (κ1) is 16.1. The number of halogens is 1. The zero-order valence-electron chi connectivity index (χ0n) is 12.4. The highest BCUT2D eigenvalue weighted by atomic mass is 35.5. The van der Waals surface area contributed by atoms with E-state index in [1.807, 2.05) is 6.07 Å². The number of benzene rings is 1. The van der Waals surface area contributed by atoms with Crippen molar-refractivity contribution in [3.8, 4) is 5.75 Å². The van der Waals surface area contributed by atoms with Crippen LogP contribution in [0.3, 0.4) is 0 Å². The van der Waals surface area contributed by atoms with Gasteiger partial charge in [0.1, 0.15) is 5.75 Å². The van der Waals surface area contributed by atoms with Gasteiger partial charge in [0.15, 0.2) is 6.61 Å².